The molecule has 1 aliphatic rings. The van der Waals surface area contributed by atoms with Crippen LogP contribution in [0.1, 0.15) is 11.3 Å². The summed E-state index contributed by atoms with van der Waals surface area (Å²) in [5.41, 5.74) is 3.90. The molecule has 0 amide bonds. The van der Waals surface area contributed by atoms with Crippen molar-refractivity contribution in [1.82, 2.24) is 9.78 Å². The van der Waals surface area contributed by atoms with Crippen molar-refractivity contribution in [2.75, 3.05) is 0 Å². The van der Waals surface area contributed by atoms with Crippen LogP contribution < -0.4 is 5.73 Å². The van der Waals surface area contributed by atoms with E-state index in [9.17, 15) is 13.2 Å². The molecule has 8 heteroatoms. The van der Waals surface area contributed by atoms with E-state index in [1.54, 1.807) is 6.07 Å². The normalized spacial score (nSPS) is 21.3. The maximum absolute atomic E-state index is 14.1. The largest absolute Gasteiger partial charge is 0.382 e. The Bertz CT molecular complexity index is 728. The second-order valence-corrected chi connectivity index (χ2v) is 5.64. The molecule has 4 nitrogen and oxygen atoms in total. The van der Waals surface area contributed by atoms with Crippen LogP contribution in [0.4, 0.5) is 13.2 Å². The van der Waals surface area contributed by atoms with Crippen LogP contribution in [-0.2, 0) is 12.1 Å². The van der Waals surface area contributed by atoms with Crippen LogP contribution in [0.2, 0.25) is 0 Å². The number of rotatable bonds is 2. The number of halogens is 4. The van der Waals surface area contributed by atoms with Crippen LogP contribution in [0.5, 0.6) is 0 Å². The molecule has 0 fully saturated rings. The predicted molar refractivity (Wildman–Crippen MR) is 74.7 cm³/mol. The summed E-state index contributed by atoms with van der Waals surface area (Å²) in [6, 6.07) is 5.43. The second kappa shape index (κ2) is 4.87. The molecule has 110 valence electrons. The Hall–Kier alpha value is -1.83. The van der Waals surface area contributed by atoms with Crippen LogP contribution in [0, 0.1) is 5.82 Å². The van der Waals surface area contributed by atoms with Gasteiger partial charge < -0.3 is 5.73 Å². The molecule has 0 saturated carbocycles. The quantitative estimate of drug-likeness (QED) is 0.897. The summed E-state index contributed by atoms with van der Waals surface area (Å²) < 4.78 is 43.4. The molecule has 1 aromatic heterocycles. The van der Waals surface area contributed by atoms with E-state index >= 15 is 0 Å². The molecule has 1 atom stereocenters. The highest BCUT2D eigenvalue weighted by Gasteiger charge is 2.47. The molecule has 1 aromatic carbocycles. The first kappa shape index (κ1) is 14.1. The van der Waals surface area contributed by atoms with Gasteiger partial charge in [-0.05, 0) is 24.3 Å². The lowest BCUT2D eigenvalue weighted by Gasteiger charge is -2.33. The average Bonchev–Trinajstić information content (AvgIpc) is 2.89. The van der Waals surface area contributed by atoms with Crippen LogP contribution in [0.25, 0.3) is 0 Å². The third-order valence-corrected chi connectivity index (χ3v) is 3.94. The third-order valence-electron chi connectivity index (χ3n) is 3.45. The lowest BCUT2D eigenvalue weighted by Crippen LogP contribution is -2.44. The fourth-order valence-corrected chi connectivity index (χ4v) is 2.78. The fraction of sp³-hybridized carbons (Fsp3) is 0.231. The van der Waals surface area contributed by atoms with E-state index in [0.717, 1.165) is 6.07 Å². The van der Waals surface area contributed by atoms with Crippen molar-refractivity contribution in [3.05, 3.63) is 52.0 Å². The Morgan fingerprint density at radius 3 is 2.81 bits per heavy atom. The molecule has 0 aliphatic carbocycles. The first-order valence-electron chi connectivity index (χ1n) is 6.05. The van der Waals surface area contributed by atoms with E-state index in [0.29, 0.717) is 10.2 Å². The summed E-state index contributed by atoms with van der Waals surface area (Å²) in [5, 5.41) is 3.95. The molecular formula is C13H10BrF3N4. The minimum absolute atomic E-state index is 0.0848. The van der Waals surface area contributed by atoms with Gasteiger partial charge in [-0.1, -0.05) is 15.9 Å². The molecule has 2 N–H and O–H groups in total. The van der Waals surface area contributed by atoms with Gasteiger partial charge in [0.2, 0.25) is 0 Å². The van der Waals surface area contributed by atoms with Crippen molar-refractivity contribution in [2.45, 2.75) is 18.5 Å². The molecule has 21 heavy (non-hydrogen) atoms. The Balaban J connectivity index is 2.23. The highest BCUT2D eigenvalue weighted by atomic mass is 79.9. The molecule has 1 unspecified atom stereocenters. The first-order valence-corrected chi connectivity index (χ1v) is 6.84. The number of hydrogen-bond acceptors (Lipinski definition) is 3. The van der Waals surface area contributed by atoms with Gasteiger partial charge in [0.15, 0.2) is 5.54 Å². The number of benzene rings is 1. The van der Waals surface area contributed by atoms with Crippen LogP contribution >= 0.6 is 15.9 Å². The van der Waals surface area contributed by atoms with Gasteiger partial charge in [-0.2, -0.15) is 5.10 Å². The van der Waals surface area contributed by atoms with E-state index < -0.39 is 17.8 Å². The molecule has 3 rings (SSSR count). The standard InChI is InChI=1S/C13H10BrF3N4/c14-7-1-2-9(15)8(5-7)13(12(16)17)6-21-10(3-4-19-21)11(18)20-13/h1-5,12H,6H2,(H2,18,20). The number of hydrogen-bond donors (Lipinski definition) is 1. The lowest BCUT2D eigenvalue weighted by atomic mass is 9.89. The van der Waals surface area contributed by atoms with Crippen LogP contribution in [0.3, 0.4) is 0 Å². The van der Waals surface area contributed by atoms with Crippen molar-refractivity contribution >= 4 is 21.8 Å². The fourth-order valence-electron chi connectivity index (χ4n) is 2.42. The van der Waals surface area contributed by atoms with E-state index in [1.165, 1.54) is 23.0 Å². The van der Waals surface area contributed by atoms with Crippen molar-refractivity contribution in [1.29, 1.82) is 0 Å². The summed E-state index contributed by atoms with van der Waals surface area (Å²) in [4.78, 5) is 3.92. The first-order chi connectivity index (χ1) is 9.94. The Kier molecular flexibility index (Phi) is 3.27. The Morgan fingerprint density at radius 1 is 1.33 bits per heavy atom. The lowest BCUT2D eigenvalue weighted by molar-refractivity contribution is 0.0363. The maximum atomic E-state index is 14.1. The van der Waals surface area contributed by atoms with E-state index in [1.807, 2.05) is 0 Å². The van der Waals surface area contributed by atoms with Gasteiger partial charge in [-0.25, -0.2) is 18.2 Å². The smallest absolute Gasteiger partial charge is 0.269 e. The number of nitrogens with zero attached hydrogens (tertiary/aromatic N) is 3. The van der Waals surface area contributed by atoms with Gasteiger partial charge in [-0.15, -0.1) is 0 Å². The molecule has 2 heterocycles. The highest BCUT2D eigenvalue weighted by Crippen LogP contribution is 2.39. The molecule has 2 aromatic rings. The van der Waals surface area contributed by atoms with Crippen LogP contribution in [0.15, 0.2) is 39.9 Å². The number of aliphatic imine (C=N–C) groups is 1. The molecule has 1 aliphatic heterocycles. The van der Waals surface area contributed by atoms with Gasteiger partial charge in [0.05, 0.1) is 6.54 Å². The molecule has 0 saturated heterocycles. The summed E-state index contributed by atoms with van der Waals surface area (Å²) in [7, 11) is 0. The number of alkyl halides is 2. The summed E-state index contributed by atoms with van der Waals surface area (Å²) >= 11 is 3.16. The Morgan fingerprint density at radius 2 is 2.10 bits per heavy atom. The number of fused-ring (bicyclic) bond motifs is 1. The molecule has 0 spiro atoms. The average molecular weight is 359 g/mol. The topological polar surface area (TPSA) is 56.2 Å². The minimum Gasteiger partial charge on any atom is -0.382 e. The van der Waals surface area contributed by atoms with Crippen molar-refractivity contribution in [2.24, 2.45) is 10.7 Å². The van der Waals surface area contributed by atoms with Crippen molar-refractivity contribution in [3.63, 3.8) is 0 Å². The molecular weight excluding hydrogens is 349 g/mol. The molecule has 0 radical (unpaired) electrons. The summed E-state index contributed by atoms with van der Waals surface area (Å²) in [6.45, 7) is -0.277. The van der Waals surface area contributed by atoms with Crippen molar-refractivity contribution < 1.29 is 13.2 Å². The highest BCUT2D eigenvalue weighted by molar-refractivity contribution is 9.10. The van der Waals surface area contributed by atoms with E-state index in [2.05, 4.69) is 26.0 Å². The van der Waals surface area contributed by atoms with Gasteiger partial charge in [0, 0.05) is 16.2 Å². The number of nitrogens with two attached hydrogens (primary N) is 1. The van der Waals surface area contributed by atoms with E-state index in [4.69, 9.17) is 5.73 Å². The second-order valence-electron chi connectivity index (χ2n) is 4.72. The maximum Gasteiger partial charge on any atom is 0.269 e. The van der Waals surface area contributed by atoms with Gasteiger partial charge in [-0.3, -0.25) is 4.68 Å². The van der Waals surface area contributed by atoms with Crippen LogP contribution in [-0.4, -0.2) is 22.0 Å². The Labute approximate surface area is 126 Å². The van der Waals surface area contributed by atoms with Gasteiger partial charge in [0.1, 0.15) is 17.3 Å². The summed E-state index contributed by atoms with van der Waals surface area (Å²) in [5.74, 6) is -0.843. The predicted octanol–water partition coefficient (Wildman–Crippen LogP) is 2.66. The van der Waals surface area contributed by atoms with E-state index in [-0.39, 0.29) is 17.9 Å². The summed E-state index contributed by atoms with van der Waals surface area (Å²) in [6.07, 6.45) is -1.49. The van der Waals surface area contributed by atoms with Gasteiger partial charge >= 0.3 is 0 Å². The monoisotopic (exact) mass is 358 g/mol. The zero-order chi connectivity index (χ0) is 15.2. The SMILES string of the molecule is NC1=NC(c2cc(Br)ccc2F)(C(F)F)Cn2nccc21. The van der Waals surface area contributed by atoms with Gasteiger partial charge in [0.25, 0.3) is 6.43 Å². The number of amidine groups is 1. The van der Waals surface area contributed by atoms with Crippen molar-refractivity contribution in [3.8, 4) is 0 Å². The zero-order valence-electron chi connectivity index (χ0n) is 10.6. The zero-order valence-corrected chi connectivity index (χ0v) is 12.2. The number of aromatic nitrogens is 2. The third kappa shape index (κ3) is 2.14. The molecule has 0 bridgehead atoms. The minimum atomic E-state index is -2.93.